The Balaban J connectivity index is 1.98. The maximum atomic E-state index is 11.7. The maximum absolute atomic E-state index is 11.7. The highest BCUT2D eigenvalue weighted by molar-refractivity contribution is 9.10. The van der Waals surface area contributed by atoms with E-state index in [0.29, 0.717) is 5.56 Å². The molecule has 0 radical (unpaired) electrons. The standard InChI is InChI=1S/C21H18BrNO/c1-13-16(20(23)24)7-4-8-18(13)21(9-10-21)19-12-15(22)11-14-5-2-3-6-17(14)19/h2-8,11-12H,9-10H2,1H3,(H2,23,24). The van der Waals surface area contributed by atoms with E-state index in [0.717, 1.165) is 22.9 Å². The van der Waals surface area contributed by atoms with Crippen LogP contribution in [0.1, 0.15) is 39.9 Å². The molecule has 2 nitrogen and oxygen atoms in total. The lowest BCUT2D eigenvalue weighted by Gasteiger charge is -2.22. The summed E-state index contributed by atoms with van der Waals surface area (Å²) >= 11 is 3.66. The van der Waals surface area contributed by atoms with Crippen LogP contribution in [-0.2, 0) is 5.41 Å². The van der Waals surface area contributed by atoms with Crippen LogP contribution in [0.5, 0.6) is 0 Å². The lowest BCUT2D eigenvalue weighted by Crippen LogP contribution is -2.17. The van der Waals surface area contributed by atoms with Crippen LogP contribution in [0, 0.1) is 6.92 Å². The monoisotopic (exact) mass is 379 g/mol. The highest BCUT2D eigenvalue weighted by Crippen LogP contribution is 2.56. The van der Waals surface area contributed by atoms with Gasteiger partial charge in [0.1, 0.15) is 0 Å². The van der Waals surface area contributed by atoms with Gasteiger partial charge in [-0.25, -0.2) is 0 Å². The molecule has 3 heteroatoms. The molecule has 0 aliphatic heterocycles. The Morgan fingerprint density at radius 2 is 1.79 bits per heavy atom. The van der Waals surface area contributed by atoms with Crippen LogP contribution in [0.15, 0.2) is 59.1 Å². The number of carbonyl (C=O) groups is 1. The van der Waals surface area contributed by atoms with E-state index in [9.17, 15) is 4.79 Å². The van der Waals surface area contributed by atoms with Crippen molar-refractivity contribution in [2.75, 3.05) is 0 Å². The van der Waals surface area contributed by atoms with Gasteiger partial charge in [0.05, 0.1) is 0 Å². The van der Waals surface area contributed by atoms with Crippen LogP contribution in [0.2, 0.25) is 0 Å². The fourth-order valence-corrected chi connectivity index (χ4v) is 4.38. The fourth-order valence-electron chi connectivity index (χ4n) is 3.90. The zero-order chi connectivity index (χ0) is 16.9. The van der Waals surface area contributed by atoms with E-state index in [-0.39, 0.29) is 11.3 Å². The van der Waals surface area contributed by atoms with Crippen molar-refractivity contribution in [1.29, 1.82) is 0 Å². The molecule has 0 bridgehead atoms. The van der Waals surface area contributed by atoms with Crippen molar-refractivity contribution in [1.82, 2.24) is 0 Å². The van der Waals surface area contributed by atoms with E-state index in [4.69, 9.17) is 5.73 Å². The second kappa shape index (κ2) is 5.45. The van der Waals surface area contributed by atoms with Crippen LogP contribution in [0.4, 0.5) is 0 Å². The molecule has 1 aliphatic carbocycles. The molecule has 3 aromatic rings. The topological polar surface area (TPSA) is 43.1 Å². The van der Waals surface area contributed by atoms with Crippen LogP contribution >= 0.6 is 15.9 Å². The summed E-state index contributed by atoms with van der Waals surface area (Å²) in [6.45, 7) is 2.01. The predicted octanol–water partition coefficient (Wildman–Crippen LogP) is 5.09. The van der Waals surface area contributed by atoms with Crippen LogP contribution in [0.25, 0.3) is 10.8 Å². The first-order chi connectivity index (χ1) is 11.5. The molecule has 0 atom stereocenters. The van der Waals surface area contributed by atoms with Gasteiger partial charge in [0.25, 0.3) is 0 Å². The molecule has 2 N–H and O–H groups in total. The number of hydrogen-bond donors (Lipinski definition) is 1. The zero-order valence-electron chi connectivity index (χ0n) is 13.5. The third kappa shape index (κ3) is 2.27. The third-order valence-corrected chi connectivity index (χ3v) is 5.66. The van der Waals surface area contributed by atoms with E-state index < -0.39 is 0 Å². The summed E-state index contributed by atoms with van der Waals surface area (Å²) in [5.74, 6) is -0.357. The minimum Gasteiger partial charge on any atom is -0.366 e. The molecule has 0 heterocycles. The van der Waals surface area contributed by atoms with E-state index in [1.165, 1.54) is 21.9 Å². The van der Waals surface area contributed by atoms with Crippen LogP contribution in [-0.4, -0.2) is 5.91 Å². The Bertz CT molecular complexity index is 973. The van der Waals surface area contributed by atoms with Crippen molar-refractivity contribution in [3.63, 3.8) is 0 Å². The minimum absolute atomic E-state index is 0.0150. The Hall–Kier alpha value is -2.13. The molecular formula is C21H18BrNO. The van der Waals surface area contributed by atoms with Gasteiger partial charge in [0, 0.05) is 15.5 Å². The van der Waals surface area contributed by atoms with Gasteiger partial charge < -0.3 is 5.73 Å². The summed E-state index contributed by atoms with van der Waals surface area (Å²) in [7, 11) is 0. The summed E-state index contributed by atoms with van der Waals surface area (Å²) in [6.07, 6.45) is 2.19. The number of primary amides is 1. The van der Waals surface area contributed by atoms with Crippen molar-refractivity contribution < 1.29 is 4.79 Å². The average Bonchev–Trinajstić information content (AvgIpc) is 3.35. The molecule has 1 aliphatic rings. The summed E-state index contributed by atoms with van der Waals surface area (Å²) in [6, 6.07) is 18.8. The first kappa shape index (κ1) is 15.4. The van der Waals surface area contributed by atoms with Crippen molar-refractivity contribution >= 4 is 32.6 Å². The van der Waals surface area contributed by atoms with Crippen molar-refractivity contribution in [3.8, 4) is 0 Å². The van der Waals surface area contributed by atoms with Crippen LogP contribution < -0.4 is 5.73 Å². The minimum atomic E-state index is -0.357. The zero-order valence-corrected chi connectivity index (χ0v) is 15.1. The van der Waals surface area contributed by atoms with Gasteiger partial charge in [0.2, 0.25) is 5.91 Å². The Labute approximate surface area is 149 Å². The van der Waals surface area contributed by atoms with Gasteiger partial charge in [0.15, 0.2) is 0 Å². The quantitative estimate of drug-likeness (QED) is 0.676. The summed E-state index contributed by atoms with van der Waals surface area (Å²) in [5, 5.41) is 2.51. The second-order valence-corrected chi connectivity index (χ2v) is 7.51. The maximum Gasteiger partial charge on any atom is 0.248 e. The molecule has 1 fully saturated rings. The largest absolute Gasteiger partial charge is 0.366 e. The van der Waals surface area contributed by atoms with Gasteiger partial charge in [-0.1, -0.05) is 52.3 Å². The van der Waals surface area contributed by atoms with Crippen molar-refractivity contribution in [2.24, 2.45) is 5.73 Å². The lowest BCUT2D eigenvalue weighted by molar-refractivity contribution is 0.0999. The molecule has 0 unspecified atom stereocenters. The number of halogens is 1. The lowest BCUT2D eigenvalue weighted by atomic mass is 9.81. The van der Waals surface area contributed by atoms with Gasteiger partial charge in [-0.2, -0.15) is 0 Å². The van der Waals surface area contributed by atoms with E-state index in [1.807, 2.05) is 19.1 Å². The number of nitrogens with two attached hydrogens (primary N) is 1. The Kier molecular flexibility index (Phi) is 3.50. The number of fused-ring (bicyclic) bond motifs is 1. The smallest absolute Gasteiger partial charge is 0.248 e. The van der Waals surface area contributed by atoms with E-state index >= 15 is 0 Å². The Morgan fingerprint density at radius 1 is 1.04 bits per heavy atom. The number of hydrogen-bond acceptors (Lipinski definition) is 1. The van der Waals surface area contributed by atoms with Crippen molar-refractivity contribution in [2.45, 2.75) is 25.2 Å². The third-order valence-electron chi connectivity index (χ3n) is 5.21. The fraction of sp³-hybridized carbons (Fsp3) is 0.190. The van der Waals surface area contributed by atoms with Crippen molar-refractivity contribution in [3.05, 3.63) is 81.3 Å². The van der Waals surface area contributed by atoms with Crippen LogP contribution in [0.3, 0.4) is 0 Å². The molecule has 0 saturated heterocycles. The molecule has 3 aromatic carbocycles. The number of carbonyl (C=O) groups excluding carboxylic acids is 1. The molecule has 4 rings (SSSR count). The summed E-state index contributed by atoms with van der Waals surface area (Å²) in [5.41, 5.74) is 9.72. The predicted molar refractivity (Wildman–Crippen MR) is 101 cm³/mol. The highest BCUT2D eigenvalue weighted by Gasteiger charge is 2.47. The van der Waals surface area contributed by atoms with Gasteiger partial charge in [-0.3, -0.25) is 4.79 Å². The number of rotatable bonds is 3. The first-order valence-electron chi connectivity index (χ1n) is 8.11. The van der Waals surface area contributed by atoms with Gasteiger partial charge >= 0.3 is 0 Å². The molecular weight excluding hydrogens is 362 g/mol. The molecule has 1 saturated carbocycles. The SMILES string of the molecule is Cc1c(C(N)=O)cccc1C1(c2cc(Br)cc3ccccc23)CC1. The van der Waals surface area contributed by atoms with Gasteiger partial charge in [-0.15, -0.1) is 0 Å². The Morgan fingerprint density at radius 3 is 2.50 bits per heavy atom. The normalized spacial score (nSPS) is 15.4. The summed E-state index contributed by atoms with van der Waals surface area (Å²) in [4.78, 5) is 11.7. The number of benzene rings is 3. The van der Waals surface area contributed by atoms with E-state index in [2.05, 4.69) is 58.4 Å². The van der Waals surface area contributed by atoms with Gasteiger partial charge in [-0.05, 0) is 65.4 Å². The first-order valence-corrected chi connectivity index (χ1v) is 8.91. The molecule has 120 valence electrons. The summed E-state index contributed by atoms with van der Waals surface area (Å²) < 4.78 is 1.09. The highest BCUT2D eigenvalue weighted by atomic mass is 79.9. The molecule has 0 aromatic heterocycles. The molecule has 1 amide bonds. The average molecular weight is 380 g/mol. The second-order valence-electron chi connectivity index (χ2n) is 6.60. The molecule has 0 spiro atoms. The van der Waals surface area contributed by atoms with E-state index in [1.54, 1.807) is 0 Å². The molecule has 24 heavy (non-hydrogen) atoms. The number of amides is 1.